The number of nitrogens with two attached hydrogens (primary N) is 1. The van der Waals surface area contributed by atoms with Gasteiger partial charge in [0.25, 0.3) is 5.91 Å². The summed E-state index contributed by atoms with van der Waals surface area (Å²) in [6.07, 6.45) is 0.396. The minimum Gasteiger partial charge on any atom is -0.481 e. The van der Waals surface area contributed by atoms with E-state index in [1.807, 2.05) is 24.3 Å². The zero-order chi connectivity index (χ0) is 13.1. The van der Waals surface area contributed by atoms with Crippen LogP contribution in [0.25, 0.3) is 0 Å². The number of halogens is 1. The number of likely N-dealkylation sites (tertiary alicyclic amines) is 1. The number of hydrogen-bond donors (Lipinski definition) is 1. The zero-order valence-corrected chi connectivity index (χ0v) is 11.9. The van der Waals surface area contributed by atoms with Crippen molar-refractivity contribution in [3.05, 3.63) is 28.7 Å². The standard InChI is InChI=1S/C13H17BrN2O2/c1-9(13(17)16-7-6-11(15)8-16)18-12-4-2-10(14)3-5-12/h2-5,9,11H,6-8,15H2,1H3/t9-,11+/m0/s1. The van der Waals surface area contributed by atoms with Crippen LogP contribution < -0.4 is 10.5 Å². The Balaban J connectivity index is 1.93. The van der Waals surface area contributed by atoms with E-state index < -0.39 is 6.10 Å². The van der Waals surface area contributed by atoms with Gasteiger partial charge < -0.3 is 15.4 Å². The van der Waals surface area contributed by atoms with Crippen LogP contribution in [0.3, 0.4) is 0 Å². The highest BCUT2D eigenvalue weighted by Crippen LogP contribution is 2.18. The van der Waals surface area contributed by atoms with E-state index >= 15 is 0 Å². The summed E-state index contributed by atoms with van der Waals surface area (Å²) in [7, 11) is 0. The van der Waals surface area contributed by atoms with Gasteiger partial charge in [-0.25, -0.2) is 0 Å². The molecule has 1 aromatic carbocycles. The summed E-state index contributed by atoms with van der Waals surface area (Å²) < 4.78 is 6.61. The fourth-order valence-corrected chi connectivity index (χ4v) is 2.28. The molecule has 1 aromatic rings. The van der Waals surface area contributed by atoms with E-state index in [1.54, 1.807) is 11.8 Å². The number of rotatable bonds is 3. The van der Waals surface area contributed by atoms with Crippen molar-refractivity contribution in [1.82, 2.24) is 4.90 Å². The zero-order valence-electron chi connectivity index (χ0n) is 10.3. The molecule has 0 bridgehead atoms. The molecule has 4 nitrogen and oxygen atoms in total. The number of carbonyl (C=O) groups is 1. The van der Waals surface area contributed by atoms with Crippen LogP contribution in [0.1, 0.15) is 13.3 Å². The second-order valence-electron chi connectivity index (χ2n) is 4.55. The van der Waals surface area contributed by atoms with Crippen molar-refractivity contribution in [3.8, 4) is 5.75 Å². The average Bonchev–Trinajstić information content (AvgIpc) is 2.78. The third-order valence-corrected chi connectivity index (χ3v) is 3.54. The number of benzene rings is 1. The molecule has 0 spiro atoms. The lowest BCUT2D eigenvalue weighted by Crippen LogP contribution is -2.40. The van der Waals surface area contributed by atoms with E-state index in [9.17, 15) is 4.79 Å². The molecule has 1 saturated heterocycles. The van der Waals surface area contributed by atoms with Crippen LogP contribution in [0, 0.1) is 0 Å². The molecule has 5 heteroatoms. The number of hydrogen-bond acceptors (Lipinski definition) is 3. The Morgan fingerprint density at radius 2 is 2.17 bits per heavy atom. The maximum atomic E-state index is 12.1. The molecule has 1 aliphatic heterocycles. The van der Waals surface area contributed by atoms with Crippen molar-refractivity contribution in [1.29, 1.82) is 0 Å². The van der Waals surface area contributed by atoms with Crippen LogP contribution in [0.2, 0.25) is 0 Å². The highest BCUT2D eigenvalue weighted by molar-refractivity contribution is 9.10. The molecular weight excluding hydrogens is 296 g/mol. The maximum Gasteiger partial charge on any atom is 0.263 e. The highest BCUT2D eigenvalue weighted by atomic mass is 79.9. The van der Waals surface area contributed by atoms with Gasteiger partial charge in [-0.1, -0.05) is 15.9 Å². The Labute approximate surface area is 115 Å². The lowest BCUT2D eigenvalue weighted by atomic mass is 10.3. The SMILES string of the molecule is C[C@H](Oc1ccc(Br)cc1)C(=O)N1CC[C@@H](N)C1. The fourth-order valence-electron chi connectivity index (χ4n) is 2.01. The van der Waals surface area contributed by atoms with E-state index in [0.717, 1.165) is 17.4 Å². The molecule has 0 saturated carbocycles. The minimum absolute atomic E-state index is 0.00543. The summed E-state index contributed by atoms with van der Waals surface area (Å²) in [5, 5.41) is 0. The number of amides is 1. The van der Waals surface area contributed by atoms with Gasteiger partial charge in [-0.15, -0.1) is 0 Å². The second kappa shape index (κ2) is 5.71. The third kappa shape index (κ3) is 3.23. The molecule has 1 aliphatic rings. The molecule has 1 heterocycles. The molecule has 1 amide bonds. The number of ether oxygens (including phenoxy) is 1. The fraction of sp³-hybridized carbons (Fsp3) is 0.462. The molecule has 0 unspecified atom stereocenters. The second-order valence-corrected chi connectivity index (χ2v) is 5.46. The van der Waals surface area contributed by atoms with Gasteiger partial charge in [-0.2, -0.15) is 0 Å². The summed E-state index contributed by atoms with van der Waals surface area (Å²) in [5.74, 6) is 0.702. The lowest BCUT2D eigenvalue weighted by Gasteiger charge is -2.21. The Kier molecular flexibility index (Phi) is 4.24. The average molecular weight is 313 g/mol. The first kappa shape index (κ1) is 13.4. The van der Waals surface area contributed by atoms with E-state index in [4.69, 9.17) is 10.5 Å². The molecular formula is C13H17BrN2O2. The normalized spacial score (nSPS) is 20.8. The van der Waals surface area contributed by atoms with Crippen molar-refractivity contribution in [3.63, 3.8) is 0 Å². The molecule has 2 atom stereocenters. The Bertz CT molecular complexity index is 422. The van der Waals surface area contributed by atoms with Crippen molar-refractivity contribution in [2.45, 2.75) is 25.5 Å². The van der Waals surface area contributed by atoms with Crippen molar-refractivity contribution >= 4 is 21.8 Å². The first-order valence-corrected chi connectivity index (χ1v) is 6.82. The predicted molar refractivity (Wildman–Crippen MR) is 73.4 cm³/mol. The highest BCUT2D eigenvalue weighted by Gasteiger charge is 2.28. The van der Waals surface area contributed by atoms with Crippen LogP contribution in [-0.4, -0.2) is 36.0 Å². The molecule has 98 valence electrons. The van der Waals surface area contributed by atoms with Gasteiger partial charge in [0.2, 0.25) is 0 Å². The summed E-state index contributed by atoms with van der Waals surface area (Å²) in [5.41, 5.74) is 5.79. The van der Waals surface area contributed by atoms with Crippen LogP contribution >= 0.6 is 15.9 Å². The Morgan fingerprint density at radius 1 is 1.50 bits per heavy atom. The van der Waals surface area contributed by atoms with E-state index in [1.165, 1.54) is 0 Å². The topological polar surface area (TPSA) is 55.6 Å². The van der Waals surface area contributed by atoms with Gasteiger partial charge in [0.15, 0.2) is 6.10 Å². The number of carbonyl (C=O) groups excluding carboxylic acids is 1. The maximum absolute atomic E-state index is 12.1. The van der Waals surface area contributed by atoms with Gasteiger partial charge >= 0.3 is 0 Å². The monoisotopic (exact) mass is 312 g/mol. The van der Waals surface area contributed by atoms with Crippen molar-refractivity contribution < 1.29 is 9.53 Å². The van der Waals surface area contributed by atoms with Crippen LogP contribution in [0.4, 0.5) is 0 Å². The van der Waals surface area contributed by atoms with Gasteiger partial charge in [-0.05, 0) is 37.6 Å². The van der Waals surface area contributed by atoms with Crippen molar-refractivity contribution in [2.24, 2.45) is 5.73 Å². The molecule has 2 rings (SSSR count). The van der Waals surface area contributed by atoms with Gasteiger partial charge in [0.1, 0.15) is 5.75 Å². The lowest BCUT2D eigenvalue weighted by molar-refractivity contribution is -0.136. The van der Waals surface area contributed by atoms with Crippen LogP contribution in [-0.2, 0) is 4.79 Å². The van der Waals surface area contributed by atoms with Crippen molar-refractivity contribution in [2.75, 3.05) is 13.1 Å². The third-order valence-electron chi connectivity index (χ3n) is 3.01. The smallest absolute Gasteiger partial charge is 0.263 e. The summed E-state index contributed by atoms with van der Waals surface area (Å²) in [4.78, 5) is 13.9. The first-order valence-electron chi connectivity index (χ1n) is 6.03. The summed E-state index contributed by atoms with van der Waals surface area (Å²) >= 11 is 3.36. The van der Waals surface area contributed by atoms with E-state index in [-0.39, 0.29) is 11.9 Å². The molecule has 2 N–H and O–H groups in total. The predicted octanol–water partition coefficient (Wildman–Crippen LogP) is 1.78. The van der Waals surface area contributed by atoms with Gasteiger partial charge in [0.05, 0.1) is 0 Å². The first-order chi connectivity index (χ1) is 8.56. The molecule has 0 aromatic heterocycles. The van der Waals surface area contributed by atoms with E-state index in [2.05, 4.69) is 15.9 Å². The Hall–Kier alpha value is -1.07. The number of nitrogens with zero attached hydrogens (tertiary/aromatic N) is 1. The molecule has 0 aliphatic carbocycles. The molecule has 1 fully saturated rings. The van der Waals surface area contributed by atoms with Crippen LogP contribution in [0.15, 0.2) is 28.7 Å². The van der Waals surface area contributed by atoms with E-state index in [0.29, 0.717) is 12.3 Å². The van der Waals surface area contributed by atoms with Gasteiger partial charge in [0, 0.05) is 23.6 Å². The quantitative estimate of drug-likeness (QED) is 0.925. The molecule has 0 radical (unpaired) electrons. The summed E-state index contributed by atoms with van der Waals surface area (Å²) in [6.45, 7) is 3.13. The largest absolute Gasteiger partial charge is 0.481 e. The van der Waals surface area contributed by atoms with Crippen LogP contribution in [0.5, 0.6) is 5.75 Å². The Morgan fingerprint density at radius 3 is 2.72 bits per heavy atom. The molecule has 18 heavy (non-hydrogen) atoms. The minimum atomic E-state index is -0.475. The summed E-state index contributed by atoms with van der Waals surface area (Å²) in [6, 6.07) is 7.55. The van der Waals surface area contributed by atoms with Gasteiger partial charge in [-0.3, -0.25) is 4.79 Å².